The smallest absolute Gasteiger partial charge is 0.199 e. The highest BCUT2D eigenvalue weighted by Crippen LogP contribution is 2.14. The van der Waals surface area contributed by atoms with Crippen molar-refractivity contribution in [3.05, 3.63) is 40.9 Å². The fourth-order valence-corrected chi connectivity index (χ4v) is 1.81. The van der Waals surface area contributed by atoms with Crippen molar-refractivity contribution in [2.45, 2.75) is 33.0 Å². The van der Waals surface area contributed by atoms with Gasteiger partial charge in [0, 0.05) is 5.69 Å². The summed E-state index contributed by atoms with van der Waals surface area (Å²) in [5, 5.41) is 7.02. The second kappa shape index (κ2) is 5.04. The van der Waals surface area contributed by atoms with E-state index >= 15 is 0 Å². The van der Waals surface area contributed by atoms with Gasteiger partial charge in [-0.15, -0.1) is 0 Å². The van der Waals surface area contributed by atoms with E-state index in [1.165, 1.54) is 0 Å². The van der Waals surface area contributed by atoms with Gasteiger partial charge in [-0.25, -0.2) is 0 Å². The summed E-state index contributed by atoms with van der Waals surface area (Å²) in [6.45, 7) is 6.47. The summed E-state index contributed by atoms with van der Waals surface area (Å²) in [6.07, 6.45) is 0. The number of H-pyrrole nitrogens is 1. The van der Waals surface area contributed by atoms with Gasteiger partial charge < -0.3 is 4.74 Å². The molecule has 1 N–H and O–H groups in total. The fraction of sp³-hybridized carbons (Fsp3) is 0.385. The van der Waals surface area contributed by atoms with Crippen LogP contribution in [0.3, 0.4) is 0 Å². The number of rotatable bonds is 3. The van der Waals surface area contributed by atoms with Gasteiger partial charge in [-0.2, -0.15) is 5.10 Å². The second-order valence-electron chi connectivity index (χ2n) is 5.02. The number of hydrogen-bond donors (Lipinski definition) is 1. The van der Waals surface area contributed by atoms with E-state index < -0.39 is 0 Å². The van der Waals surface area contributed by atoms with Crippen LogP contribution in [0.4, 0.5) is 0 Å². The average Bonchev–Trinajstić information content (AvgIpc) is 2.68. The molecule has 0 amide bonds. The molecule has 0 atom stereocenters. The summed E-state index contributed by atoms with van der Waals surface area (Å²) in [6, 6.07) is 9.90. The molecule has 2 rings (SSSR count). The highest BCUT2D eigenvalue weighted by Gasteiger charge is 2.14. The van der Waals surface area contributed by atoms with E-state index in [4.69, 9.17) is 17.0 Å². The van der Waals surface area contributed by atoms with Gasteiger partial charge in [-0.1, -0.05) is 18.2 Å². The summed E-state index contributed by atoms with van der Waals surface area (Å²) < 4.78 is 8.21. The monoisotopic (exact) mass is 263 g/mol. The van der Waals surface area contributed by atoms with Crippen molar-refractivity contribution in [2.24, 2.45) is 0 Å². The van der Waals surface area contributed by atoms with Crippen LogP contribution in [0.2, 0.25) is 0 Å². The standard InChI is InChI=1S/C13H17N3OS/c1-13(2,3)17-9-11-14-15-12(18)16(11)10-7-5-4-6-8-10/h4-8H,9H2,1-3H3,(H,15,18). The van der Waals surface area contributed by atoms with Gasteiger partial charge >= 0.3 is 0 Å². The first-order chi connectivity index (χ1) is 8.47. The van der Waals surface area contributed by atoms with Crippen LogP contribution in [0.15, 0.2) is 30.3 Å². The molecule has 1 heterocycles. The van der Waals surface area contributed by atoms with Crippen LogP contribution in [-0.4, -0.2) is 20.4 Å². The van der Waals surface area contributed by atoms with Crippen molar-refractivity contribution in [3.8, 4) is 5.69 Å². The van der Waals surface area contributed by atoms with Crippen LogP contribution < -0.4 is 0 Å². The molecule has 0 unspecified atom stereocenters. The number of aromatic nitrogens is 3. The third-order valence-electron chi connectivity index (χ3n) is 2.39. The van der Waals surface area contributed by atoms with Crippen molar-refractivity contribution in [3.63, 3.8) is 0 Å². The van der Waals surface area contributed by atoms with Gasteiger partial charge in [-0.05, 0) is 45.1 Å². The zero-order valence-electron chi connectivity index (χ0n) is 10.8. The van der Waals surface area contributed by atoms with E-state index in [9.17, 15) is 0 Å². The largest absolute Gasteiger partial charge is 0.368 e. The molecule has 0 radical (unpaired) electrons. The van der Waals surface area contributed by atoms with Crippen LogP contribution in [0.5, 0.6) is 0 Å². The number of aromatic amines is 1. The summed E-state index contributed by atoms with van der Waals surface area (Å²) in [7, 11) is 0. The molecule has 1 aromatic carbocycles. The number of nitrogens with one attached hydrogen (secondary N) is 1. The lowest BCUT2D eigenvalue weighted by Gasteiger charge is -2.19. The minimum atomic E-state index is -0.199. The molecule has 18 heavy (non-hydrogen) atoms. The number of ether oxygens (including phenoxy) is 1. The minimum absolute atomic E-state index is 0.199. The van der Waals surface area contributed by atoms with Crippen molar-refractivity contribution < 1.29 is 4.74 Å². The summed E-state index contributed by atoms with van der Waals surface area (Å²) in [4.78, 5) is 0. The topological polar surface area (TPSA) is 42.8 Å². The minimum Gasteiger partial charge on any atom is -0.368 e. The van der Waals surface area contributed by atoms with E-state index in [1.54, 1.807) is 0 Å². The van der Waals surface area contributed by atoms with Gasteiger partial charge in [0.2, 0.25) is 0 Å². The van der Waals surface area contributed by atoms with E-state index in [0.29, 0.717) is 11.4 Å². The molecular weight excluding hydrogens is 246 g/mol. The molecule has 2 aromatic rings. The third-order valence-corrected chi connectivity index (χ3v) is 2.66. The lowest BCUT2D eigenvalue weighted by molar-refractivity contribution is -0.0187. The highest BCUT2D eigenvalue weighted by atomic mass is 32.1. The van der Waals surface area contributed by atoms with Gasteiger partial charge in [-0.3, -0.25) is 9.67 Å². The lowest BCUT2D eigenvalue weighted by atomic mass is 10.2. The van der Waals surface area contributed by atoms with Gasteiger partial charge in [0.05, 0.1) is 5.60 Å². The molecule has 4 nitrogen and oxygen atoms in total. The van der Waals surface area contributed by atoms with Crippen molar-refractivity contribution in [1.29, 1.82) is 0 Å². The van der Waals surface area contributed by atoms with E-state index in [0.717, 1.165) is 11.5 Å². The predicted octanol–water partition coefficient (Wildman–Crippen LogP) is 3.24. The van der Waals surface area contributed by atoms with Crippen LogP contribution >= 0.6 is 12.2 Å². The molecule has 5 heteroatoms. The Bertz CT molecular complexity index is 566. The summed E-state index contributed by atoms with van der Waals surface area (Å²) in [5.41, 5.74) is 0.790. The second-order valence-corrected chi connectivity index (χ2v) is 5.40. The molecule has 0 saturated carbocycles. The van der Waals surface area contributed by atoms with Crippen molar-refractivity contribution in [2.75, 3.05) is 0 Å². The Balaban J connectivity index is 2.31. The Morgan fingerprint density at radius 1 is 1.28 bits per heavy atom. The zero-order valence-corrected chi connectivity index (χ0v) is 11.6. The Morgan fingerprint density at radius 3 is 2.56 bits per heavy atom. The summed E-state index contributed by atoms with van der Waals surface area (Å²) >= 11 is 5.25. The first-order valence-electron chi connectivity index (χ1n) is 5.83. The maximum atomic E-state index is 5.74. The van der Waals surface area contributed by atoms with Crippen LogP contribution in [0.25, 0.3) is 5.69 Å². The molecule has 0 saturated heterocycles. The van der Waals surface area contributed by atoms with E-state index in [1.807, 2.05) is 55.7 Å². The van der Waals surface area contributed by atoms with Crippen molar-refractivity contribution >= 4 is 12.2 Å². The molecule has 0 aliphatic carbocycles. The molecule has 0 aliphatic rings. The molecule has 0 bridgehead atoms. The molecule has 1 aromatic heterocycles. The first kappa shape index (κ1) is 13.0. The van der Waals surface area contributed by atoms with Crippen LogP contribution in [0.1, 0.15) is 26.6 Å². The maximum Gasteiger partial charge on any atom is 0.199 e. The van der Waals surface area contributed by atoms with Gasteiger partial charge in [0.15, 0.2) is 10.6 Å². The predicted molar refractivity (Wildman–Crippen MR) is 73.3 cm³/mol. The zero-order chi connectivity index (χ0) is 13.2. The SMILES string of the molecule is CC(C)(C)OCc1n[nH]c(=S)n1-c1ccccc1. The fourth-order valence-electron chi connectivity index (χ4n) is 1.55. The first-order valence-corrected chi connectivity index (χ1v) is 6.24. The lowest BCUT2D eigenvalue weighted by Crippen LogP contribution is -2.20. The summed E-state index contributed by atoms with van der Waals surface area (Å²) in [5.74, 6) is 0.779. The number of nitrogens with zero attached hydrogens (tertiary/aromatic N) is 2. The molecule has 0 aliphatic heterocycles. The Morgan fingerprint density at radius 2 is 1.94 bits per heavy atom. The Hall–Kier alpha value is -1.46. The molecule has 0 spiro atoms. The van der Waals surface area contributed by atoms with Crippen LogP contribution in [0, 0.1) is 4.77 Å². The maximum absolute atomic E-state index is 5.74. The number of benzene rings is 1. The Kier molecular flexibility index (Phi) is 3.63. The number of para-hydroxylation sites is 1. The molecular formula is C13H17N3OS. The van der Waals surface area contributed by atoms with E-state index in [2.05, 4.69) is 10.2 Å². The van der Waals surface area contributed by atoms with Gasteiger partial charge in [0.1, 0.15) is 6.61 Å². The Labute approximate surface area is 112 Å². The normalized spacial score (nSPS) is 11.7. The highest BCUT2D eigenvalue weighted by molar-refractivity contribution is 7.71. The quantitative estimate of drug-likeness (QED) is 0.864. The average molecular weight is 263 g/mol. The molecule has 96 valence electrons. The number of hydrogen-bond acceptors (Lipinski definition) is 3. The van der Waals surface area contributed by atoms with Gasteiger partial charge in [0.25, 0.3) is 0 Å². The van der Waals surface area contributed by atoms with E-state index in [-0.39, 0.29) is 5.60 Å². The van der Waals surface area contributed by atoms with Crippen LogP contribution in [-0.2, 0) is 11.3 Å². The third kappa shape index (κ3) is 3.05. The van der Waals surface area contributed by atoms with Crippen molar-refractivity contribution in [1.82, 2.24) is 14.8 Å². The molecule has 0 fully saturated rings.